The normalized spacial score (nSPS) is 12.3. The van der Waals surface area contributed by atoms with Crippen LogP contribution >= 0.6 is 11.3 Å². The van der Waals surface area contributed by atoms with E-state index < -0.39 is 0 Å². The average Bonchev–Trinajstić information content (AvgIpc) is 3.47. The topological polar surface area (TPSA) is 72.1 Å². The number of benzene rings is 1. The van der Waals surface area contributed by atoms with Gasteiger partial charge in [-0.2, -0.15) is 11.3 Å². The second kappa shape index (κ2) is 8.41. The van der Waals surface area contributed by atoms with Crippen LogP contribution in [0.1, 0.15) is 23.9 Å². The van der Waals surface area contributed by atoms with Crippen molar-refractivity contribution in [2.75, 3.05) is 6.54 Å². The first-order valence-corrected chi connectivity index (χ1v) is 10.2. The zero-order valence-electron chi connectivity index (χ0n) is 15.4. The number of amides is 1. The summed E-state index contributed by atoms with van der Waals surface area (Å²) in [5.74, 6) is 0.610. The first-order chi connectivity index (χ1) is 13.8. The summed E-state index contributed by atoms with van der Waals surface area (Å²) >= 11 is 1.63. The summed E-state index contributed by atoms with van der Waals surface area (Å²) in [6.07, 6.45) is 4.35. The van der Waals surface area contributed by atoms with E-state index in [1.165, 1.54) is 0 Å². The molecule has 0 bridgehead atoms. The van der Waals surface area contributed by atoms with Crippen molar-refractivity contribution in [2.24, 2.45) is 0 Å². The first kappa shape index (κ1) is 18.5. The molecule has 0 spiro atoms. The number of hydrogen-bond acceptors (Lipinski definition) is 4. The number of imidazole rings is 1. The Balaban J connectivity index is 1.41. The van der Waals surface area contributed by atoms with Crippen molar-refractivity contribution >= 4 is 28.3 Å². The lowest BCUT2D eigenvalue weighted by molar-refractivity contribution is -0.121. The highest BCUT2D eigenvalue weighted by atomic mass is 32.1. The maximum atomic E-state index is 12.6. The molecule has 0 aliphatic rings. The molecule has 0 saturated heterocycles. The largest absolute Gasteiger partial charge is 0.388 e. The third kappa shape index (κ3) is 3.85. The molecular formula is C21H22N4O2S. The summed E-state index contributed by atoms with van der Waals surface area (Å²) < 4.78 is 4.02. The Morgan fingerprint density at radius 1 is 1.18 bits per heavy atom. The first-order valence-electron chi connectivity index (χ1n) is 9.22. The Bertz CT molecular complexity index is 1000. The molecule has 1 aromatic carbocycles. The summed E-state index contributed by atoms with van der Waals surface area (Å²) in [5, 5.41) is 16.7. The minimum Gasteiger partial charge on any atom is -0.388 e. The van der Waals surface area contributed by atoms with Crippen LogP contribution in [0, 0.1) is 0 Å². The minimum absolute atomic E-state index is 0.000121. The maximum Gasteiger partial charge on any atom is 0.222 e. The smallest absolute Gasteiger partial charge is 0.222 e. The van der Waals surface area contributed by atoms with Crippen LogP contribution in [0.2, 0.25) is 0 Å². The molecule has 28 heavy (non-hydrogen) atoms. The van der Waals surface area contributed by atoms with Gasteiger partial charge in [-0.3, -0.25) is 4.79 Å². The predicted molar refractivity (Wildman–Crippen MR) is 110 cm³/mol. The molecule has 0 aliphatic carbocycles. The van der Waals surface area contributed by atoms with Gasteiger partial charge in [-0.25, -0.2) is 4.98 Å². The average molecular weight is 395 g/mol. The summed E-state index contributed by atoms with van der Waals surface area (Å²) in [5.41, 5.74) is 2.95. The SMILES string of the molecule is O=C(CC(c1ccsc1)n1cccc1)NCCn1c(CO)nc2ccccc21. The molecule has 2 N–H and O–H groups in total. The van der Waals surface area contributed by atoms with Crippen LogP contribution in [0.15, 0.2) is 65.6 Å². The number of para-hydroxylation sites is 2. The number of nitrogens with zero attached hydrogens (tertiary/aromatic N) is 3. The van der Waals surface area contributed by atoms with Crippen LogP contribution in [0.5, 0.6) is 0 Å². The molecular weight excluding hydrogens is 372 g/mol. The maximum absolute atomic E-state index is 12.6. The lowest BCUT2D eigenvalue weighted by atomic mass is 10.1. The number of fused-ring (bicyclic) bond motifs is 1. The third-order valence-corrected chi connectivity index (χ3v) is 5.53. The van der Waals surface area contributed by atoms with Gasteiger partial charge in [0.15, 0.2) is 0 Å². The number of carbonyl (C=O) groups is 1. The van der Waals surface area contributed by atoms with E-state index in [0.717, 1.165) is 16.6 Å². The van der Waals surface area contributed by atoms with Crippen molar-refractivity contribution in [3.8, 4) is 0 Å². The number of aliphatic hydroxyl groups excluding tert-OH is 1. The fraction of sp³-hybridized carbons (Fsp3) is 0.238. The minimum atomic E-state index is -0.128. The Morgan fingerprint density at radius 2 is 2.00 bits per heavy atom. The van der Waals surface area contributed by atoms with Gasteiger partial charge in [0.05, 0.1) is 23.5 Å². The molecule has 7 heteroatoms. The number of rotatable bonds is 8. The summed E-state index contributed by atoms with van der Waals surface area (Å²) in [4.78, 5) is 17.0. The number of nitrogens with one attached hydrogen (secondary N) is 1. The molecule has 3 aromatic heterocycles. The highest BCUT2D eigenvalue weighted by Gasteiger charge is 2.18. The number of thiophene rings is 1. The van der Waals surface area contributed by atoms with Gasteiger partial charge in [0.25, 0.3) is 0 Å². The van der Waals surface area contributed by atoms with E-state index in [2.05, 4.69) is 26.3 Å². The molecule has 1 unspecified atom stereocenters. The van der Waals surface area contributed by atoms with E-state index in [9.17, 15) is 9.90 Å². The number of aliphatic hydroxyl groups is 1. The van der Waals surface area contributed by atoms with Gasteiger partial charge in [0, 0.05) is 25.5 Å². The van der Waals surface area contributed by atoms with Crippen molar-refractivity contribution in [3.05, 3.63) is 77.0 Å². The van der Waals surface area contributed by atoms with Crippen LogP contribution in [0.25, 0.3) is 11.0 Å². The van der Waals surface area contributed by atoms with Crippen LogP contribution < -0.4 is 5.32 Å². The van der Waals surface area contributed by atoms with Gasteiger partial charge in [-0.15, -0.1) is 0 Å². The standard InChI is InChI=1S/C21H22N4O2S/c26-14-20-23-17-5-1-2-6-18(17)25(20)11-8-22-21(27)13-19(16-7-12-28-15-16)24-9-3-4-10-24/h1-7,9-10,12,15,19,26H,8,11,13-14H2,(H,22,27). The quantitative estimate of drug-likeness (QED) is 0.482. The zero-order valence-corrected chi connectivity index (χ0v) is 16.2. The van der Waals surface area contributed by atoms with Crippen LogP contribution in [0.3, 0.4) is 0 Å². The number of hydrogen-bond donors (Lipinski definition) is 2. The van der Waals surface area contributed by atoms with E-state index in [1.54, 1.807) is 11.3 Å². The van der Waals surface area contributed by atoms with Crippen LogP contribution in [-0.4, -0.2) is 31.7 Å². The Labute approximate surface area is 167 Å². The van der Waals surface area contributed by atoms with Gasteiger partial charge < -0.3 is 19.6 Å². The van der Waals surface area contributed by atoms with Gasteiger partial charge in [-0.05, 0) is 46.7 Å². The summed E-state index contributed by atoms with van der Waals surface area (Å²) in [7, 11) is 0. The number of aromatic nitrogens is 3. The van der Waals surface area contributed by atoms with Gasteiger partial charge >= 0.3 is 0 Å². The molecule has 0 aliphatic heterocycles. The summed E-state index contributed by atoms with van der Waals surface area (Å²) in [6.45, 7) is 0.916. The molecule has 144 valence electrons. The molecule has 4 aromatic rings. The second-order valence-corrected chi connectivity index (χ2v) is 7.36. The molecule has 3 heterocycles. The van der Waals surface area contributed by atoms with E-state index in [0.29, 0.717) is 25.3 Å². The molecule has 0 fully saturated rings. The van der Waals surface area contributed by atoms with E-state index >= 15 is 0 Å². The highest BCUT2D eigenvalue weighted by molar-refractivity contribution is 7.08. The Morgan fingerprint density at radius 3 is 2.75 bits per heavy atom. The van der Waals surface area contributed by atoms with Crippen molar-refractivity contribution in [1.82, 2.24) is 19.4 Å². The highest BCUT2D eigenvalue weighted by Crippen LogP contribution is 2.24. The van der Waals surface area contributed by atoms with E-state index in [-0.39, 0.29) is 18.6 Å². The molecule has 1 amide bonds. The molecule has 0 saturated carbocycles. The monoisotopic (exact) mass is 394 g/mol. The zero-order chi connectivity index (χ0) is 19.3. The van der Waals surface area contributed by atoms with E-state index in [1.807, 2.05) is 58.7 Å². The molecule has 1 atom stereocenters. The van der Waals surface area contributed by atoms with Gasteiger partial charge in [-0.1, -0.05) is 12.1 Å². The second-order valence-electron chi connectivity index (χ2n) is 6.58. The fourth-order valence-electron chi connectivity index (χ4n) is 3.47. The van der Waals surface area contributed by atoms with Gasteiger partial charge in [0.1, 0.15) is 12.4 Å². The van der Waals surface area contributed by atoms with Crippen LogP contribution in [-0.2, 0) is 17.9 Å². The molecule has 0 radical (unpaired) electrons. The van der Waals surface area contributed by atoms with Crippen molar-refractivity contribution in [2.45, 2.75) is 25.6 Å². The third-order valence-electron chi connectivity index (χ3n) is 4.83. The lowest BCUT2D eigenvalue weighted by Crippen LogP contribution is -2.30. The van der Waals surface area contributed by atoms with Crippen molar-refractivity contribution in [1.29, 1.82) is 0 Å². The summed E-state index contributed by atoms with van der Waals surface area (Å²) in [6, 6.07) is 13.8. The molecule has 6 nitrogen and oxygen atoms in total. The molecule has 4 rings (SSSR count). The lowest BCUT2D eigenvalue weighted by Gasteiger charge is -2.18. The van der Waals surface area contributed by atoms with E-state index in [4.69, 9.17) is 0 Å². The Hall–Kier alpha value is -2.90. The van der Waals surface area contributed by atoms with Crippen molar-refractivity contribution in [3.63, 3.8) is 0 Å². The fourth-order valence-corrected chi connectivity index (χ4v) is 4.17. The van der Waals surface area contributed by atoms with Gasteiger partial charge in [0.2, 0.25) is 5.91 Å². The van der Waals surface area contributed by atoms with Crippen LogP contribution in [0.4, 0.5) is 0 Å². The Kier molecular flexibility index (Phi) is 5.55. The number of carbonyl (C=O) groups excluding carboxylic acids is 1. The predicted octanol–water partition coefficient (Wildman–Crippen LogP) is 3.19. The van der Waals surface area contributed by atoms with Crippen molar-refractivity contribution < 1.29 is 9.90 Å².